The van der Waals surface area contributed by atoms with Gasteiger partial charge in [0.2, 0.25) is 0 Å². The molecule has 0 radical (unpaired) electrons. The molecule has 0 spiro atoms. The third-order valence-corrected chi connectivity index (χ3v) is 3.73. The van der Waals surface area contributed by atoms with Crippen molar-refractivity contribution < 1.29 is 14.6 Å². The van der Waals surface area contributed by atoms with Crippen molar-refractivity contribution in [1.82, 2.24) is 4.90 Å². The first-order chi connectivity index (χ1) is 9.25. The van der Waals surface area contributed by atoms with Crippen LogP contribution >= 0.6 is 0 Å². The lowest BCUT2D eigenvalue weighted by Crippen LogP contribution is -2.49. The van der Waals surface area contributed by atoms with E-state index < -0.39 is 0 Å². The topological polar surface area (TPSA) is 45.2 Å². The van der Waals surface area contributed by atoms with Gasteiger partial charge in [-0.2, -0.15) is 0 Å². The summed E-state index contributed by atoms with van der Waals surface area (Å²) in [7, 11) is 0. The molecular weight excluding hydrogens is 244 g/mol. The number of aliphatic hydroxyl groups excluding tert-OH is 1. The molecule has 2 aliphatic rings. The van der Waals surface area contributed by atoms with E-state index in [0.717, 1.165) is 43.4 Å². The Balaban J connectivity index is 1.77. The van der Waals surface area contributed by atoms with Gasteiger partial charge in [-0.15, -0.1) is 0 Å². The number of hydrogen-bond acceptors (Lipinski definition) is 5. The molecule has 2 aliphatic heterocycles. The third kappa shape index (κ3) is 2.48. The zero-order chi connectivity index (χ0) is 13.2. The second-order valence-corrected chi connectivity index (χ2v) is 4.96. The van der Waals surface area contributed by atoms with Gasteiger partial charge in [-0.1, -0.05) is 6.07 Å². The van der Waals surface area contributed by atoms with Gasteiger partial charge in [-0.25, -0.2) is 0 Å². The molecule has 1 N–H and O–H groups in total. The maximum Gasteiger partial charge on any atom is 0.184 e. The molecule has 1 aromatic carbocycles. The fourth-order valence-electron chi connectivity index (χ4n) is 2.64. The predicted octanol–water partition coefficient (Wildman–Crippen LogP) is 0.918. The van der Waals surface area contributed by atoms with Gasteiger partial charge >= 0.3 is 0 Å². The average Bonchev–Trinajstić information content (AvgIpc) is 2.47. The van der Waals surface area contributed by atoms with Crippen molar-refractivity contribution in [3.63, 3.8) is 0 Å². The second kappa shape index (κ2) is 5.27. The largest absolute Gasteiger partial charge is 0.486 e. The minimum atomic E-state index is -0.369. The van der Waals surface area contributed by atoms with E-state index in [0.29, 0.717) is 13.2 Å². The van der Waals surface area contributed by atoms with E-state index in [1.165, 1.54) is 0 Å². The first kappa shape index (κ1) is 12.6. The van der Waals surface area contributed by atoms with E-state index >= 15 is 0 Å². The number of anilines is 1. The first-order valence-corrected chi connectivity index (χ1v) is 6.81. The zero-order valence-corrected chi connectivity index (χ0v) is 11.2. The maximum atomic E-state index is 9.59. The van der Waals surface area contributed by atoms with Crippen molar-refractivity contribution in [2.75, 3.05) is 44.3 Å². The molecule has 2 heterocycles. The minimum absolute atomic E-state index is 0.369. The van der Waals surface area contributed by atoms with Crippen molar-refractivity contribution in [3.8, 4) is 11.5 Å². The third-order valence-electron chi connectivity index (χ3n) is 3.73. The summed E-state index contributed by atoms with van der Waals surface area (Å²) < 4.78 is 11.4. The lowest BCUT2D eigenvalue weighted by Gasteiger charge is -2.38. The molecule has 5 nitrogen and oxygen atoms in total. The summed E-state index contributed by atoms with van der Waals surface area (Å²) in [6.07, 6.45) is -0.369. The minimum Gasteiger partial charge on any atom is -0.486 e. The Bertz CT molecular complexity index is 442. The van der Waals surface area contributed by atoms with Crippen LogP contribution < -0.4 is 14.4 Å². The Morgan fingerprint density at radius 1 is 1.11 bits per heavy atom. The Morgan fingerprint density at radius 3 is 2.58 bits per heavy atom. The molecule has 1 fully saturated rings. The molecular formula is C14H20N2O3. The van der Waals surface area contributed by atoms with E-state index in [9.17, 15) is 5.11 Å². The molecule has 5 heteroatoms. The van der Waals surface area contributed by atoms with Crippen LogP contribution in [-0.2, 0) is 0 Å². The van der Waals surface area contributed by atoms with Crippen LogP contribution in [-0.4, -0.2) is 55.6 Å². The molecule has 0 aliphatic carbocycles. The van der Waals surface area contributed by atoms with Crippen LogP contribution in [0.5, 0.6) is 11.5 Å². The highest BCUT2D eigenvalue weighted by Crippen LogP contribution is 2.39. The van der Waals surface area contributed by atoms with Crippen LogP contribution in [0, 0.1) is 0 Å². The summed E-state index contributed by atoms with van der Waals surface area (Å²) in [5.41, 5.74) is 1.10. The maximum absolute atomic E-state index is 9.59. The van der Waals surface area contributed by atoms with Crippen molar-refractivity contribution >= 4 is 5.69 Å². The van der Waals surface area contributed by atoms with Gasteiger partial charge in [-0.05, 0) is 19.1 Å². The van der Waals surface area contributed by atoms with E-state index in [1.807, 2.05) is 19.1 Å². The zero-order valence-electron chi connectivity index (χ0n) is 11.2. The lowest BCUT2D eigenvalue weighted by atomic mass is 10.2. The van der Waals surface area contributed by atoms with Crippen molar-refractivity contribution in [1.29, 1.82) is 0 Å². The van der Waals surface area contributed by atoms with Crippen LogP contribution in [0.2, 0.25) is 0 Å². The van der Waals surface area contributed by atoms with E-state index in [1.54, 1.807) is 0 Å². The van der Waals surface area contributed by atoms with Gasteiger partial charge in [-0.3, -0.25) is 4.90 Å². The van der Waals surface area contributed by atoms with Gasteiger partial charge < -0.3 is 19.5 Å². The molecule has 1 unspecified atom stereocenters. The number of benzene rings is 1. The number of nitrogens with zero attached hydrogens (tertiary/aromatic N) is 2. The molecule has 0 aromatic heterocycles. The summed E-state index contributed by atoms with van der Waals surface area (Å²) in [6, 6.07) is 6.03. The molecule has 0 saturated carbocycles. The summed E-state index contributed by atoms with van der Waals surface area (Å²) in [4.78, 5) is 4.37. The fourth-order valence-corrected chi connectivity index (χ4v) is 2.64. The number of para-hydroxylation sites is 1. The average molecular weight is 264 g/mol. The number of aliphatic hydroxyl groups is 1. The molecule has 19 heavy (non-hydrogen) atoms. The van der Waals surface area contributed by atoms with E-state index in [4.69, 9.17) is 9.47 Å². The highest BCUT2D eigenvalue weighted by atomic mass is 16.6. The van der Waals surface area contributed by atoms with E-state index in [-0.39, 0.29) is 6.23 Å². The fraction of sp³-hybridized carbons (Fsp3) is 0.571. The van der Waals surface area contributed by atoms with Crippen LogP contribution in [0.4, 0.5) is 5.69 Å². The number of hydrogen-bond donors (Lipinski definition) is 1. The second-order valence-electron chi connectivity index (χ2n) is 4.96. The quantitative estimate of drug-likeness (QED) is 0.860. The van der Waals surface area contributed by atoms with E-state index in [2.05, 4.69) is 15.9 Å². The number of fused-ring (bicyclic) bond motifs is 1. The van der Waals surface area contributed by atoms with Gasteiger partial charge in [0.25, 0.3) is 0 Å². The Kier molecular flexibility index (Phi) is 3.48. The highest BCUT2D eigenvalue weighted by Gasteiger charge is 2.24. The number of ether oxygens (including phenoxy) is 2. The normalized spacial score (nSPS) is 21.3. The number of rotatable bonds is 2. The SMILES string of the molecule is CC(O)N1CCN(c2cccc3c2OCCO3)CC1. The summed E-state index contributed by atoms with van der Waals surface area (Å²) in [6.45, 7) is 6.56. The molecule has 0 amide bonds. The Hall–Kier alpha value is -1.46. The molecule has 0 bridgehead atoms. The van der Waals surface area contributed by atoms with Crippen LogP contribution in [0.1, 0.15) is 6.92 Å². The molecule has 1 saturated heterocycles. The Morgan fingerprint density at radius 2 is 1.84 bits per heavy atom. The molecule has 104 valence electrons. The summed E-state index contributed by atoms with van der Waals surface area (Å²) in [5.74, 6) is 1.70. The van der Waals surface area contributed by atoms with Crippen LogP contribution in [0.25, 0.3) is 0 Å². The lowest BCUT2D eigenvalue weighted by molar-refractivity contribution is 0.0152. The monoisotopic (exact) mass is 264 g/mol. The first-order valence-electron chi connectivity index (χ1n) is 6.81. The highest BCUT2D eigenvalue weighted by molar-refractivity contribution is 5.65. The van der Waals surface area contributed by atoms with Crippen LogP contribution in [0.15, 0.2) is 18.2 Å². The van der Waals surface area contributed by atoms with Gasteiger partial charge in [0.1, 0.15) is 19.4 Å². The van der Waals surface area contributed by atoms with Gasteiger partial charge in [0, 0.05) is 26.2 Å². The molecule has 3 rings (SSSR count). The van der Waals surface area contributed by atoms with Crippen molar-refractivity contribution in [3.05, 3.63) is 18.2 Å². The number of piperazine rings is 1. The molecule has 1 aromatic rings. The summed E-state index contributed by atoms with van der Waals surface area (Å²) in [5, 5.41) is 9.59. The van der Waals surface area contributed by atoms with Crippen molar-refractivity contribution in [2.24, 2.45) is 0 Å². The standard InChI is InChI=1S/C14H20N2O3/c1-11(17)15-5-7-16(8-6-15)12-3-2-4-13-14(12)19-10-9-18-13/h2-4,11,17H,5-10H2,1H3. The van der Waals surface area contributed by atoms with Gasteiger partial charge in [0.05, 0.1) is 5.69 Å². The summed E-state index contributed by atoms with van der Waals surface area (Å²) >= 11 is 0. The molecule has 1 atom stereocenters. The smallest absolute Gasteiger partial charge is 0.184 e. The van der Waals surface area contributed by atoms with Gasteiger partial charge in [0.15, 0.2) is 11.5 Å². The Labute approximate surface area is 113 Å². The van der Waals surface area contributed by atoms with Crippen LogP contribution in [0.3, 0.4) is 0 Å². The van der Waals surface area contributed by atoms with Crippen molar-refractivity contribution in [2.45, 2.75) is 13.2 Å². The predicted molar refractivity (Wildman–Crippen MR) is 72.9 cm³/mol.